The SMILES string of the molecule is O=C(Nc1ccc2c(c1)OCCCO2)c1sccc1-c1ccccc1. The van der Waals surface area contributed by atoms with E-state index in [2.05, 4.69) is 5.32 Å². The van der Waals surface area contributed by atoms with E-state index in [1.54, 1.807) is 0 Å². The topological polar surface area (TPSA) is 47.6 Å². The fourth-order valence-electron chi connectivity index (χ4n) is 2.76. The first-order valence-electron chi connectivity index (χ1n) is 8.15. The summed E-state index contributed by atoms with van der Waals surface area (Å²) < 4.78 is 11.3. The summed E-state index contributed by atoms with van der Waals surface area (Å²) in [6.07, 6.45) is 0.853. The number of benzene rings is 2. The van der Waals surface area contributed by atoms with Crippen molar-refractivity contribution < 1.29 is 14.3 Å². The summed E-state index contributed by atoms with van der Waals surface area (Å²) in [6.45, 7) is 1.27. The number of hydrogen-bond acceptors (Lipinski definition) is 4. The molecule has 2 heterocycles. The smallest absolute Gasteiger partial charge is 0.266 e. The van der Waals surface area contributed by atoms with Gasteiger partial charge in [0.2, 0.25) is 0 Å². The molecule has 0 bridgehead atoms. The van der Waals surface area contributed by atoms with Crippen molar-refractivity contribution in [3.05, 3.63) is 64.9 Å². The van der Waals surface area contributed by atoms with Crippen molar-refractivity contribution in [1.29, 1.82) is 0 Å². The van der Waals surface area contributed by atoms with Gasteiger partial charge in [-0.05, 0) is 29.1 Å². The highest BCUT2D eigenvalue weighted by Gasteiger charge is 2.16. The van der Waals surface area contributed by atoms with Gasteiger partial charge >= 0.3 is 0 Å². The molecule has 2 aromatic carbocycles. The van der Waals surface area contributed by atoms with Crippen LogP contribution in [-0.2, 0) is 0 Å². The average molecular weight is 351 g/mol. The van der Waals surface area contributed by atoms with Crippen LogP contribution in [0.25, 0.3) is 11.1 Å². The lowest BCUT2D eigenvalue weighted by molar-refractivity contribution is 0.103. The molecule has 1 aromatic heterocycles. The molecule has 0 spiro atoms. The number of rotatable bonds is 3. The summed E-state index contributed by atoms with van der Waals surface area (Å²) in [5.74, 6) is 1.27. The van der Waals surface area contributed by atoms with Gasteiger partial charge in [0, 0.05) is 23.7 Å². The molecule has 0 fully saturated rings. The summed E-state index contributed by atoms with van der Waals surface area (Å²) in [4.78, 5) is 13.4. The molecule has 1 N–H and O–H groups in total. The largest absolute Gasteiger partial charge is 0.490 e. The predicted octanol–water partition coefficient (Wildman–Crippen LogP) is 4.83. The molecule has 3 aromatic rings. The minimum Gasteiger partial charge on any atom is -0.490 e. The Bertz CT molecular complexity index is 889. The molecule has 4 rings (SSSR count). The first-order chi connectivity index (χ1) is 12.3. The Hall–Kier alpha value is -2.79. The van der Waals surface area contributed by atoms with Gasteiger partial charge in [-0.3, -0.25) is 4.79 Å². The van der Waals surface area contributed by atoms with Gasteiger partial charge in [0.15, 0.2) is 11.5 Å². The van der Waals surface area contributed by atoms with Gasteiger partial charge < -0.3 is 14.8 Å². The van der Waals surface area contributed by atoms with Gasteiger partial charge in [-0.15, -0.1) is 11.3 Å². The molecule has 4 nitrogen and oxygen atoms in total. The normalized spacial score (nSPS) is 13.1. The van der Waals surface area contributed by atoms with Gasteiger partial charge in [0.1, 0.15) is 0 Å². The van der Waals surface area contributed by atoms with Gasteiger partial charge in [-0.2, -0.15) is 0 Å². The van der Waals surface area contributed by atoms with Crippen molar-refractivity contribution in [2.45, 2.75) is 6.42 Å². The van der Waals surface area contributed by atoms with E-state index >= 15 is 0 Å². The van der Waals surface area contributed by atoms with Crippen LogP contribution in [0, 0.1) is 0 Å². The van der Waals surface area contributed by atoms with Crippen LogP contribution < -0.4 is 14.8 Å². The molecule has 0 saturated carbocycles. The summed E-state index contributed by atoms with van der Waals surface area (Å²) in [6, 6.07) is 17.4. The molecular weight excluding hydrogens is 334 g/mol. The molecule has 0 aliphatic carbocycles. The van der Waals surface area contributed by atoms with Crippen LogP contribution in [-0.4, -0.2) is 19.1 Å². The molecule has 0 unspecified atom stereocenters. The standard InChI is InChI=1S/C20H17NO3S/c22-20(19-16(9-12-25-19)14-5-2-1-3-6-14)21-15-7-8-17-18(13-15)24-11-4-10-23-17/h1-3,5-9,12-13H,4,10-11H2,(H,21,22). The molecule has 0 atom stereocenters. The quantitative estimate of drug-likeness (QED) is 0.735. The molecule has 1 aliphatic rings. The fraction of sp³-hybridized carbons (Fsp3) is 0.150. The number of nitrogens with one attached hydrogen (secondary N) is 1. The minimum absolute atomic E-state index is 0.122. The maximum atomic E-state index is 12.7. The van der Waals surface area contributed by atoms with Crippen LogP contribution >= 0.6 is 11.3 Å². The van der Waals surface area contributed by atoms with Crippen molar-refractivity contribution in [3.8, 4) is 22.6 Å². The van der Waals surface area contributed by atoms with Crippen molar-refractivity contribution in [2.24, 2.45) is 0 Å². The van der Waals surface area contributed by atoms with Crippen LogP contribution in [0.5, 0.6) is 11.5 Å². The van der Waals surface area contributed by atoms with E-state index in [4.69, 9.17) is 9.47 Å². The Kier molecular flexibility index (Phi) is 4.39. The Balaban J connectivity index is 1.57. The van der Waals surface area contributed by atoms with Gasteiger partial charge in [-0.1, -0.05) is 30.3 Å². The lowest BCUT2D eigenvalue weighted by Crippen LogP contribution is -2.11. The van der Waals surface area contributed by atoms with E-state index in [0.29, 0.717) is 29.5 Å². The molecule has 1 amide bonds. The number of thiophene rings is 1. The Morgan fingerprint density at radius 1 is 0.960 bits per heavy atom. The molecule has 25 heavy (non-hydrogen) atoms. The van der Waals surface area contributed by atoms with Crippen LogP contribution in [0.3, 0.4) is 0 Å². The first kappa shape index (κ1) is 15.7. The number of hydrogen-bond donors (Lipinski definition) is 1. The maximum absolute atomic E-state index is 12.7. The summed E-state index contributed by atoms with van der Waals surface area (Å²) in [5, 5.41) is 4.90. The van der Waals surface area contributed by atoms with Gasteiger partial charge in [-0.25, -0.2) is 0 Å². The predicted molar refractivity (Wildman–Crippen MR) is 99.8 cm³/mol. The summed E-state index contributed by atoms with van der Waals surface area (Å²) in [7, 11) is 0. The molecule has 1 aliphatic heterocycles. The van der Waals surface area contributed by atoms with E-state index in [1.807, 2.05) is 60.0 Å². The fourth-order valence-corrected chi connectivity index (χ4v) is 3.57. The van der Waals surface area contributed by atoms with Crippen molar-refractivity contribution in [1.82, 2.24) is 0 Å². The van der Waals surface area contributed by atoms with Crippen LogP contribution in [0.2, 0.25) is 0 Å². The maximum Gasteiger partial charge on any atom is 0.266 e. The van der Waals surface area contributed by atoms with E-state index < -0.39 is 0 Å². The Morgan fingerprint density at radius 3 is 2.60 bits per heavy atom. The summed E-state index contributed by atoms with van der Waals surface area (Å²) >= 11 is 1.44. The molecule has 5 heteroatoms. The van der Waals surface area contributed by atoms with E-state index in [-0.39, 0.29) is 5.91 Å². The third-order valence-electron chi connectivity index (χ3n) is 3.96. The second-order valence-corrected chi connectivity index (χ2v) is 6.61. The highest BCUT2D eigenvalue weighted by atomic mass is 32.1. The van der Waals surface area contributed by atoms with Gasteiger partial charge in [0.05, 0.1) is 18.1 Å². The molecule has 0 radical (unpaired) electrons. The molecule has 0 saturated heterocycles. The second kappa shape index (κ2) is 6.99. The highest BCUT2D eigenvalue weighted by molar-refractivity contribution is 7.12. The highest BCUT2D eigenvalue weighted by Crippen LogP contribution is 2.33. The zero-order chi connectivity index (χ0) is 17.1. The minimum atomic E-state index is -0.122. The van der Waals surface area contributed by atoms with Gasteiger partial charge in [0.25, 0.3) is 5.91 Å². The second-order valence-electron chi connectivity index (χ2n) is 5.70. The third kappa shape index (κ3) is 3.37. The van der Waals surface area contributed by atoms with E-state index in [1.165, 1.54) is 11.3 Å². The van der Waals surface area contributed by atoms with Crippen molar-refractivity contribution >= 4 is 22.9 Å². The Morgan fingerprint density at radius 2 is 1.76 bits per heavy atom. The van der Waals surface area contributed by atoms with E-state index in [9.17, 15) is 4.79 Å². The van der Waals surface area contributed by atoms with Crippen molar-refractivity contribution in [3.63, 3.8) is 0 Å². The third-order valence-corrected chi connectivity index (χ3v) is 4.87. The number of amides is 1. The van der Waals surface area contributed by atoms with Crippen LogP contribution in [0.15, 0.2) is 60.0 Å². The number of carbonyl (C=O) groups excluding carboxylic acids is 1. The number of anilines is 1. The first-order valence-corrected chi connectivity index (χ1v) is 9.03. The molecule has 126 valence electrons. The number of ether oxygens (including phenoxy) is 2. The lowest BCUT2D eigenvalue weighted by Gasteiger charge is -2.10. The molecular formula is C20H17NO3S. The Labute approximate surface area is 150 Å². The summed E-state index contributed by atoms with van der Waals surface area (Å²) in [5.41, 5.74) is 2.67. The average Bonchev–Trinajstić information content (AvgIpc) is 3.02. The zero-order valence-electron chi connectivity index (χ0n) is 13.5. The van der Waals surface area contributed by atoms with Crippen LogP contribution in [0.1, 0.15) is 16.1 Å². The number of fused-ring (bicyclic) bond motifs is 1. The lowest BCUT2D eigenvalue weighted by atomic mass is 10.1. The zero-order valence-corrected chi connectivity index (χ0v) is 14.3. The van der Waals surface area contributed by atoms with Crippen molar-refractivity contribution in [2.75, 3.05) is 18.5 Å². The van der Waals surface area contributed by atoms with Crippen LogP contribution in [0.4, 0.5) is 5.69 Å². The monoisotopic (exact) mass is 351 g/mol. The number of carbonyl (C=O) groups is 1. The van der Waals surface area contributed by atoms with E-state index in [0.717, 1.165) is 23.3 Å².